The van der Waals surface area contributed by atoms with Gasteiger partial charge in [-0.25, -0.2) is 17.5 Å². The maximum Gasteiger partial charge on any atom is 0.243 e. The van der Waals surface area contributed by atoms with E-state index in [1.807, 2.05) is 6.07 Å². The molecule has 2 rings (SSSR count). The molecule has 1 heterocycles. The monoisotopic (exact) mass is 309 g/mol. The Morgan fingerprint density at radius 1 is 1.33 bits per heavy atom. The summed E-state index contributed by atoms with van der Waals surface area (Å²) in [6.07, 6.45) is 2.05. The standard InChI is InChI=1S/C14H16FN3O2S/c1-10-8-12(15)14(9-13(10)16)21(19,20)18-7-5-11-4-2-3-6-17-11/h2-4,6,8-9,18H,5,7,16H2,1H3. The molecule has 0 aliphatic heterocycles. The molecule has 0 fully saturated rings. The van der Waals surface area contributed by atoms with Crippen LogP contribution in [0, 0.1) is 12.7 Å². The van der Waals surface area contributed by atoms with Crippen LogP contribution in [-0.2, 0) is 16.4 Å². The number of aryl methyl sites for hydroxylation is 1. The molecule has 0 amide bonds. The second-order valence-electron chi connectivity index (χ2n) is 4.61. The highest BCUT2D eigenvalue weighted by atomic mass is 32.2. The summed E-state index contributed by atoms with van der Waals surface area (Å²) in [5.74, 6) is -0.813. The summed E-state index contributed by atoms with van der Waals surface area (Å²) in [4.78, 5) is 3.65. The van der Waals surface area contributed by atoms with Gasteiger partial charge in [0.05, 0.1) is 0 Å². The van der Waals surface area contributed by atoms with Crippen molar-refractivity contribution in [3.63, 3.8) is 0 Å². The zero-order valence-electron chi connectivity index (χ0n) is 11.5. The fraction of sp³-hybridized carbons (Fsp3) is 0.214. The lowest BCUT2D eigenvalue weighted by atomic mass is 10.2. The van der Waals surface area contributed by atoms with Crippen LogP contribution in [0.4, 0.5) is 10.1 Å². The minimum Gasteiger partial charge on any atom is -0.398 e. The maximum atomic E-state index is 13.8. The van der Waals surface area contributed by atoms with Crippen LogP contribution >= 0.6 is 0 Å². The maximum absolute atomic E-state index is 13.8. The molecule has 5 nitrogen and oxygen atoms in total. The van der Waals surface area contributed by atoms with Crippen molar-refractivity contribution in [1.29, 1.82) is 0 Å². The van der Waals surface area contributed by atoms with Crippen LogP contribution < -0.4 is 10.5 Å². The highest BCUT2D eigenvalue weighted by Gasteiger charge is 2.19. The van der Waals surface area contributed by atoms with E-state index in [1.54, 1.807) is 25.3 Å². The number of nitrogens with one attached hydrogen (secondary N) is 1. The second kappa shape index (κ2) is 6.19. The predicted molar refractivity (Wildman–Crippen MR) is 78.7 cm³/mol. The van der Waals surface area contributed by atoms with E-state index in [1.165, 1.54) is 0 Å². The molecule has 21 heavy (non-hydrogen) atoms. The molecular weight excluding hydrogens is 293 g/mol. The van der Waals surface area contributed by atoms with Gasteiger partial charge in [-0.3, -0.25) is 4.98 Å². The molecule has 0 aliphatic carbocycles. The SMILES string of the molecule is Cc1cc(F)c(S(=O)(=O)NCCc2ccccn2)cc1N. The van der Waals surface area contributed by atoms with E-state index < -0.39 is 20.7 Å². The van der Waals surface area contributed by atoms with Gasteiger partial charge >= 0.3 is 0 Å². The van der Waals surface area contributed by atoms with Crippen LogP contribution in [0.5, 0.6) is 0 Å². The van der Waals surface area contributed by atoms with Crippen molar-refractivity contribution >= 4 is 15.7 Å². The Balaban J connectivity index is 2.10. The minimum absolute atomic E-state index is 0.132. The quantitative estimate of drug-likeness (QED) is 0.822. The highest BCUT2D eigenvalue weighted by molar-refractivity contribution is 7.89. The lowest BCUT2D eigenvalue weighted by Gasteiger charge is -2.09. The normalized spacial score (nSPS) is 11.5. The number of hydrogen-bond donors (Lipinski definition) is 2. The molecule has 0 saturated heterocycles. The molecule has 3 N–H and O–H groups in total. The van der Waals surface area contributed by atoms with Gasteiger partial charge in [0.1, 0.15) is 10.7 Å². The molecule has 0 atom stereocenters. The van der Waals surface area contributed by atoms with Gasteiger partial charge in [0.25, 0.3) is 0 Å². The molecule has 0 aliphatic rings. The Hall–Kier alpha value is -1.99. The third kappa shape index (κ3) is 3.77. The van der Waals surface area contributed by atoms with Gasteiger partial charge in [0, 0.05) is 30.5 Å². The Kier molecular flexibility index (Phi) is 4.54. The molecule has 0 radical (unpaired) electrons. The van der Waals surface area contributed by atoms with E-state index in [0.717, 1.165) is 17.8 Å². The van der Waals surface area contributed by atoms with E-state index >= 15 is 0 Å². The van der Waals surface area contributed by atoms with Crippen LogP contribution in [0.2, 0.25) is 0 Å². The summed E-state index contributed by atoms with van der Waals surface area (Å²) in [5, 5.41) is 0. The number of anilines is 1. The summed E-state index contributed by atoms with van der Waals surface area (Å²) in [5.41, 5.74) is 7.13. The van der Waals surface area contributed by atoms with Gasteiger partial charge in [-0.05, 0) is 36.8 Å². The molecule has 0 saturated carbocycles. The van der Waals surface area contributed by atoms with Crippen LogP contribution in [0.3, 0.4) is 0 Å². The fourth-order valence-corrected chi connectivity index (χ4v) is 2.94. The van der Waals surface area contributed by atoms with Crippen LogP contribution in [0.25, 0.3) is 0 Å². The summed E-state index contributed by atoms with van der Waals surface area (Å²) in [7, 11) is -3.93. The van der Waals surface area contributed by atoms with E-state index in [-0.39, 0.29) is 12.2 Å². The first-order valence-electron chi connectivity index (χ1n) is 6.35. The van der Waals surface area contributed by atoms with Gasteiger partial charge in [0.2, 0.25) is 10.0 Å². The van der Waals surface area contributed by atoms with Crippen LogP contribution in [0.1, 0.15) is 11.3 Å². The predicted octanol–water partition coefficient (Wildman–Crippen LogP) is 1.63. The number of pyridine rings is 1. The Morgan fingerprint density at radius 2 is 2.10 bits per heavy atom. The van der Waals surface area contributed by atoms with Crippen molar-refractivity contribution in [1.82, 2.24) is 9.71 Å². The molecular formula is C14H16FN3O2S. The Bertz CT molecular complexity index is 733. The number of nitrogen functional groups attached to an aromatic ring is 1. The molecule has 0 spiro atoms. The number of benzene rings is 1. The lowest BCUT2D eigenvalue weighted by molar-refractivity contribution is 0.556. The zero-order chi connectivity index (χ0) is 15.5. The summed E-state index contributed by atoms with van der Waals surface area (Å²) in [6.45, 7) is 1.75. The number of rotatable bonds is 5. The summed E-state index contributed by atoms with van der Waals surface area (Å²) < 4.78 is 40.3. The molecule has 0 unspecified atom stereocenters. The number of hydrogen-bond acceptors (Lipinski definition) is 4. The number of aromatic nitrogens is 1. The van der Waals surface area contributed by atoms with Crippen molar-refractivity contribution in [3.8, 4) is 0 Å². The van der Waals surface area contributed by atoms with Gasteiger partial charge in [0.15, 0.2) is 0 Å². The molecule has 2 aromatic rings. The van der Waals surface area contributed by atoms with Crippen molar-refractivity contribution in [2.75, 3.05) is 12.3 Å². The zero-order valence-corrected chi connectivity index (χ0v) is 12.3. The number of halogens is 1. The van der Waals surface area contributed by atoms with Crippen molar-refractivity contribution < 1.29 is 12.8 Å². The lowest BCUT2D eigenvalue weighted by Crippen LogP contribution is -2.27. The average molecular weight is 309 g/mol. The summed E-state index contributed by atoms with van der Waals surface area (Å²) >= 11 is 0. The Morgan fingerprint density at radius 3 is 2.76 bits per heavy atom. The highest BCUT2D eigenvalue weighted by Crippen LogP contribution is 2.21. The number of sulfonamides is 1. The first-order valence-corrected chi connectivity index (χ1v) is 7.83. The fourth-order valence-electron chi connectivity index (χ4n) is 1.81. The third-order valence-corrected chi connectivity index (χ3v) is 4.49. The van der Waals surface area contributed by atoms with E-state index in [0.29, 0.717) is 12.0 Å². The molecule has 7 heteroatoms. The van der Waals surface area contributed by atoms with Crippen LogP contribution in [0.15, 0.2) is 41.4 Å². The van der Waals surface area contributed by atoms with Gasteiger partial charge in [-0.2, -0.15) is 0 Å². The Labute approximate surface area is 123 Å². The first-order chi connectivity index (χ1) is 9.90. The third-order valence-electron chi connectivity index (χ3n) is 3.01. The topological polar surface area (TPSA) is 85.1 Å². The largest absolute Gasteiger partial charge is 0.398 e. The number of nitrogens with zero attached hydrogens (tertiary/aromatic N) is 1. The second-order valence-corrected chi connectivity index (χ2v) is 6.34. The molecule has 1 aromatic heterocycles. The van der Waals surface area contributed by atoms with Gasteiger partial charge in [-0.15, -0.1) is 0 Å². The molecule has 1 aromatic carbocycles. The van der Waals surface area contributed by atoms with Crippen molar-refractivity contribution in [2.24, 2.45) is 0 Å². The van der Waals surface area contributed by atoms with Crippen molar-refractivity contribution in [3.05, 3.63) is 53.6 Å². The summed E-state index contributed by atoms with van der Waals surface area (Å²) in [6, 6.07) is 7.63. The van der Waals surface area contributed by atoms with E-state index in [4.69, 9.17) is 5.73 Å². The first kappa shape index (κ1) is 15.4. The van der Waals surface area contributed by atoms with E-state index in [9.17, 15) is 12.8 Å². The average Bonchev–Trinajstić information content (AvgIpc) is 2.43. The molecule has 112 valence electrons. The van der Waals surface area contributed by atoms with E-state index in [2.05, 4.69) is 9.71 Å². The van der Waals surface area contributed by atoms with Gasteiger partial charge in [-0.1, -0.05) is 6.07 Å². The molecule has 0 bridgehead atoms. The van der Waals surface area contributed by atoms with Crippen LogP contribution in [-0.4, -0.2) is 19.9 Å². The number of nitrogens with two attached hydrogens (primary N) is 1. The minimum atomic E-state index is -3.93. The smallest absolute Gasteiger partial charge is 0.243 e. The van der Waals surface area contributed by atoms with Gasteiger partial charge < -0.3 is 5.73 Å². The van der Waals surface area contributed by atoms with Crippen molar-refractivity contribution in [2.45, 2.75) is 18.2 Å².